The standard InChI is InChI=1S/C10H13Cl.2C10H13F.C10H14.C9H10F2.C9H12/c2*1-7(2)9-4-8(3)5-10(11)6-9;1-7(2)9-5-4-6-10(11)8(9)3;1-8(2)10-6-4-5-9(3)7-10;1-6(2)7-4-3-5-8(10)9(7)11;1-8(2)9-6-4-3-5-7-9/h3*4-7H,1-3H3;4-8H,1-3H3;3-6H,1-2H3;3-8H,1-2H3. The van der Waals surface area contributed by atoms with Gasteiger partial charge in [0.25, 0.3) is 0 Å². The summed E-state index contributed by atoms with van der Waals surface area (Å²) >= 11 is 5.89. The largest absolute Gasteiger partial charge is 0.207 e. The number of hydrogen-bond donors (Lipinski definition) is 0. The van der Waals surface area contributed by atoms with Crippen LogP contribution < -0.4 is 0 Å². The van der Waals surface area contributed by atoms with E-state index in [1.165, 1.54) is 39.9 Å². The lowest BCUT2D eigenvalue weighted by molar-refractivity contribution is 0.494. The van der Waals surface area contributed by atoms with Crippen molar-refractivity contribution in [3.05, 3.63) is 211 Å². The lowest BCUT2D eigenvalue weighted by atomic mass is 9.98. The van der Waals surface area contributed by atoms with Gasteiger partial charge in [-0.3, -0.25) is 0 Å². The monoisotopic (exact) mass is 883 g/mol. The first-order chi connectivity index (χ1) is 29.4. The lowest BCUT2D eigenvalue weighted by Crippen LogP contribution is -1.95. The second-order valence-corrected chi connectivity index (χ2v) is 18.4. The highest BCUT2D eigenvalue weighted by atomic mass is 35.5. The number of hydrogen-bond acceptors (Lipinski definition) is 0. The zero-order valence-corrected chi connectivity index (χ0v) is 41.7. The van der Waals surface area contributed by atoms with Gasteiger partial charge in [-0.25, -0.2) is 17.6 Å². The number of rotatable bonds is 6. The van der Waals surface area contributed by atoms with Crippen molar-refractivity contribution in [3.8, 4) is 0 Å². The summed E-state index contributed by atoms with van der Waals surface area (Å²) in [5.41, 5.74) is 11.1. The molecule has 0 radical (unpaired) electrons. The average Bonchev–Trinajstić information content (AvgIpc) is 3.20. The molecular weight excluding hydrogens is 808 g/mol. The van der Waals surface area contributed by atoms with Crippen LogP contribution in [0.2, 0.25) is 5.02 Å². The molecule has 63 heavy (non-hydrogen) atoms. The lowest BCUT2D eigenvalue weighted by Gasteiger charge is -2.08. The number of halogens is 5. The third kappa shape index (κ3) is 22.0. The maximum absolute atomic E-state index is 12.9. The Labute approximate surface area is 385 Å². The van der Waals surface area contributed by atoms with Crippen LogP contribution in [0.4, 0.5) is 17.6 Å². The van der Waals surface area contributed by atoms with E-state index in [4.69, 9.17) is 11.6 Å². The van der Waals surface area contributed by atoms with Crippen molar-refractivity contribution in [2.45, 2.75) is 146 Å². The molecule has 0 aliphatic carbocycles. The quantitative estimate of drug-likeness (QED) is 0.146. The zero-order chi connectivity index (χ0) is 48.0. The van der Waals surface area contributed by atoms with Crippen molar-refractivity contribution in [1.29, 1.82) is 0 Å². The van der Waals surface area contributed by atoms with Crippen LogP contribution in [0.1, 0.15) is 174 Å². The zero-order valence-electron chi connectivity index (χ0n) is 41.0. The van der Waals surface area contributed by atoms with Gasteiger partial charge in [0.2, 0.25) is 0 Å². The normalized spacial score (nSPS) is 10.5. The Hall–Kier alpha value is -4.67. The van der Waals surface area contributed by atoms with Gasteiger partial charge >= 0.3 is 0 Å². The van der Waals surface area contributed by atoms with Crippen LogP contribution in [0.25, 0.3) is 0 Å². The molecule has 0 N–H and O–H groups in total. The van der Waals surface area contributed by atoms with Gasteiger partial charge in [-0.05, 0) is 150 Å². The van der Waals surface area contributed by atoms with Gasteiger partial charge in [0.15, 0.2) is 11.6 Å². The highest BCUT2D eigenvalue weighted by Crippen LogP contribution is 2.23. The molecule has 0 fully saturated rings. The molecule has 0 aromatic heterocycles. The average molecular weight is 884 g/mol. The molecule has 6 aromatic rings. The van der Waals surface area contributed by atoms with E-state index in [2.05, 4.69) is 138 Å². The van der Waals surface area contributed by atoms with Crippen LogP contribution in [0.5, 0.6) is 0 Å². The topological polar surface area (TPSA) is 0 Å². The third-order valence-corrected chi connectivity index (χ3v) is 10.4. The maximum atomic E-state index is 12.9. The SMILES string of the molecule is CC(C)c1cccc(F)c1F.CC(C)c1ccccc1.Cc1c(F)cccc1C(C)C.Cc1cc(Cl)cc(C(C)C)c1.Cc1cc(F)cc(C(C)C)c1.Cc1cccc(C(C)C)c1. The Morgan fingerprint density at radius 3 is 1.17 bits per heavy atom. The Balaban J connectivity index is 0.000000378. The summed E-state index contributed by atoms with van der Waals surface area (Å²) in [5, 5.41) is 0.841. The van der Waals surface area contributed by atoms with Gasteiger partial charge in [-0.1, -0.05) is 191 Å². The third-order valence-electron chi connectivity index (χ3n) is 10.2. The number of aryl methyl sites for hydroxylation is 3. The summed E-state index contributed by atoms with van der Waals surface area (Å²) in [6.45, 7) is 33.1. The van der Waals surface area contributed by atoms with Gasteiger partial charge in [0.1, 0.15) is 11.6 Å². The maximum Gasteiger partial charge on any atom is 0.162 e. The van der Waals surface area contributed by atoms with E-state index in [0.717, 1.165) is 33.3 Å². The molecule has 0 aliphatic heterocycles. The van der Waals surface area contributed by atoms with Crippen LogP contribution in [-0.2, 0) is 0 Å². The van der Waals surface area contributed by atoms with Crippen LogP contribution in [-0.4, -0.2) is 0 Å². The smallest absolute Gasteiger partial charge is 0.162 e. The van der Waals surface area contributed by atoms with Crippen molar-refractivity contribution in [3.63, 3.8) is 0 Å². The predicted molar refractivity (Wildman–Crippen MR) is 267 cm³/mol. The molecule has 6 rings (SSSR count). The fourth-order valence-corrected chi connectivity index (χ4v) is 6.58. The molecule has 6 aromatic carbocycles. The van der Waals surface area contributed by atoms with E-state index in [1.54, 1.807) is 24.3 Å². The molecule has 0 heterocycles. The van der Waals surface area contributed by atoms with Crippen molar-refractivity contribution >= 4 is 11.6 Å². The Morgan fingerprint density at radius 2 is 0.778 bits per heavy atom. The van der Waals surface area contributed by atoms with Crippen LogP contribution >= 0.6 is 11.6 Å². The first-order valence-corrected chi connectivity index (χ1v) is 22.7. The highest BCUT2D eigenvalue weighted by molar-refractivity contribution is 6.30. The van der Waals surface area contributed by atoms with Crippen molar-refractivity contribution < 1.29 is 17.6 Å². The van der Waals surface area contributed by atoms with Gasteiger partial charge in [-0.2, -0.15) is 0 Å². The molecule has 5 heteroatoms. The first-order valence-electron chi connectivity index (χ1n) is 22.3. The molecule has 342 valence electrons. The van der Waals surface area contributed by atoms with E-state index < -0.39 is 11.6 Å². The van der Waals surface area contributed by atoms with Gasteiger partial charge in [-0.15, -0.1) is 0 Å². The number of benzene rings is 6. The van der Waals surface area contributed by atoms with Gasteiger partial charge in [0, 0.05) is 5.02 Å². The van der Waals surface area contributed by atoms with E-state index in [0.29, 0.717) is 35.2 Å². The van der Waals surface area contributed by atoms with E-state index in [-0.39, 0.29) is 17.6 Å². The van der Waals surface area contributed by atoms with E-state index in [1.807, 2.05) is 58.0 Å². The molecule has 0 nitrogen and oxygen atoms in total. The van der Waals surface area contributed by atoms with Gasteiger partial charge < -0.3 is 0 Å². The summed E-state index contributed by atoms with van der Waals surface area (Å²) in [4.78, 5) is 0. The molecule has 0 atom stereocenters. The minimum Gasteiger partial charge on any atom is -0.207 e. The van der Waals surface area contributed by atoms with E-state index in [9.17, 15) is 17.6 Å². The first kappa shape index (κ1) is 56.3. The summed E-state index contributed by atoms with van der Waals surface area (Å²) in [6.07, 6.45) is 0. The predicted octanol–water partition coefficient (Wildman–Crippen LogP) is 19.3. The second kappa shape index (κ2) is 28.9. The second-order valence-electron chi connectivity index (χ2n) is 18.0. The minimum absolute atomic E-state index is 0.0331. The molecule has 0 aliphatic rings. The fraction of sp³-hybridized carbons (Fsp3) is 0.379. The fourth-order valence-electron chi connectivity index (χ4n) is 6.28. The van der Waals surface area contributed by atoms with Crippen molar-refractivity contribution in [2.24, 2.45) is 0 Å². The Morgan fingerprint density at radius 1 is 0.349 bits per heavy atom. The molecule has 0 spiro atoms. The summed E-state index contributed by atoms with van der Waals surface area (Å²) < 4.78 is 51.2. The molecular formula is C58H75ClF4. The van der Waals surface area contributed by atoms with Gasteiger partial charge in [0.05, 0.1) is 0 Å². The highest BCUT2D eigenvalue weighted by Gasteiger charge is 2.10. The molecule has 0 amide bonds. The summed E-state index contributed by atoms with van der Waals surface area (Å²) in [6, 6.07) is 40.0. The van der Waals surface area contributed by atoms with Crippen LogP contribution in [0, 0.1) is 51.0 Å². The van der Waals surface area contributed by atoms with Crippen molar-refractivity contribution in [2.75, 3.05) is 0 Å². The van der Waals surface area contributed by atoms with Crippen LogP contribution in [0.15, 0.2) is 127 Å². The Bertz CT molecular complexity index is 2050. The molecule has 0 unspecified atom stereocenters. The summed E-state index contributed by atoms with van der Waals surface area (Å²) in [7, 11) is 0. The summed E-state index contributed by atoms with van der Waals surface area (Å²) in [5.74, 6) is 1.00. The van der Waals surface area contributed by atoms with Crippen LogP contribution in [0.3, 0.4) is 0 Å². The Kier molecular flexibility index (Phi) is 25.9. The molecule has 0 saturated heterocycles. The molecule has 0 saturated carbocycles. The molecule has 0 bridgehead atoms. The van der Waals surface area contributed by atoms with Crippen molar-refractivity contribution in [1.82, 2.24) is 0 Å². The minimum atomic E-state index is -0.767. The van der Waals surface area contributed by atoms with E-state index >= 15 is 0 Å².